The van der Waals surface area contributed by atoms with Crippen LogP contribution < -0.4 is 9.44 Å². The Labute approximate surface area is 182 Å². The number of carbonyl (C=O) groups excluding carboxylic acids is 1. The van der Waals surface area contributed by atoms with Gasteiger partial charge in [0.25, 0.3) is 0 Å². The average molecular weight is 466 g/mol. The van der Waals surface area contributed by atoms with E-state index in [1.54, 1.807) is 20.8 Å². The Kier molecular flexibility index (Phi) is 7.22. The zero-order chi connectivity index (χ0) is 23.1. The molecule has 0 bridgehead atoms. The van der Waals surface area contributed by atoms with E-state index in [-0.39, 0.29) is 12.0 Å². The fourth-order valence-electron chi connectivity index (χ4n) is 3.50. The second-order valence-electron chi connectivity index (χ2n) is 11.1. The molecule has 0 atom stereocenters. The first-order chi connectivity index (χ1) is 13.5. The minimum Gasteiger partial charge on any atom is -0.303 e. The largest absolute Gasteiger partial charge is 0.303 e. The molecule has 30 heavy (non-hydrogen) atoms. The molecule has 0 aromatic rings. The number of hydrogen-bond donors (Lipinski definition) is 2. The molecule has 0 aromatic heterocycles. The van der Waals surface area contributed by atoms with E-state index in [1.165, 1.54) is 6.42 Å². The third-order valence-corrected chi connectivity index (χ3v) is 10.7. The highest BCUT2D eigenvalue weighted by Crippen LogP contribution is 2.46. The molecule has 0 aromatic carbocycles. The molecule has 2 N–H and O–H groups in total. The first-order valence-electron chi connectivity index (χ1n) is 10.7. The van der Waals surface area contributed by atoms with E-state index in [0.29, 0.717) is 19.1 Å². The topological polar surface area (TPSA) is 113 Å². The Hall–Kier alpha value is -0.550. The normalized spacial score (nSPS) is 23.0. The summed E-state index contributed by atoms with van der Waals surface area (Å²) in [6, 6.07) is 0. The van der Waals surface area contributed by atoms with Crippen molar-refractivity contribution in [3.63, 3.8) is 0 Å². The van der Waals surface area contributed by atoms with Gasteiger partial charge in [0, 0.05) is 24.0 Å². The highest BCUT2D eigenvalue weighted by atomic mass is 32.2. The predicted octanol–water partition coefficient (Wildman–Crippen LogP) is 1.77. The summed E-state index contributed by atoms with van der Waals surface area (Å²) in [4.78, 5) is 12.6. The van der Waals surface area contributed by atoms with Gasteiger partial charge in [0.1, 0.15) is 6.29 Å². The number of sulfonamides is 2. The second-order valence-corrected chi connectivity index (χ2v) is 15.2. The zero-order valence-corrected chi connectivity index (χ0v) is 20.9. The molecule has 0 amide bonds. The van der Waals surface area contributed by atoms with Crippen molar-refractivity contribution in [3.8, 4) is 0 Å². The van der Waals surface area contributed by atoms with E-state index in [9.17, 15) is 21.6 Å². The molecule has 3 fully saturated rings. The summed E-state index contributed by atoms with van der Waals surface area (Å²) in [6.07, 6.45) is 4.83. The predicted molar refractivity (Wildman–Crippen MR) is 119 cm³/mol. The molecule has 2 saturated carbocycles. The Morgan fingerprint density at radius 2 is 1.20 bits per heavy atom. The number of aldehydes is 1. The summed E-state index contributed by atoms with van der Waals surface area (Å²) in [5.74, 6) is 0. The molecule has 10 heteroatoms. The smallest absolute Gasteiger partial charge is 0.219 e. The maximum atomic E-state index is 12.3. The first kappa shape index (κ1) is 25.7. The summed E-state index contributed by atoms with van der Waals surface area (Å²) in [5, 5.41) is 0. The molecule has 0 radical (unpaired) electrons. The van der Waals surface area contributed by atoms with Gasteiger partial charge in [-0.3, -0.25) is 0 Å². The van der Waals surface area contributed by atoms with Gasteiger partial charge in [0.05, 0.1) is 9.49 Å². The van der Waals surface area contributed by atoms with Crippen molar-refractivity contribution in [1.82, 2.24) is 14.3 Å². The van der Waals surface area contributed by atoms with Crippen LogP contribution in [0.5, 0.6) is 0 Å². The monoisotopic (exact) mass is 465 g/mol. The van der Waals surface area contributed by atoms with Crippen LogP contribution in [-0.2, 0) is 24.8 Å². The van der Waals surface area contributed by atoms with Crippen molar-refractivity contribution in [2.24, 2.45) is 0 Å². The summed E-state index contributed by atoms with van der Waals surface area (Å²) in [7, 11) is -6.52. The number of carbonyl (C=O) groups is 1. The molecule has 1 saturated heterocycles. The molecule has 8 nitrogen and oxygen atoms in total. The minimum absolute atomic E-state index is 0.110. The SMILES string of the molecule is CC(C)(C)NS(=O)(=O)C1(CC=O)CC1.CC(C)(C)NS(=O)(=O)C1(CN2CCC2)CC1. The van der Waals surface area contributed by atoms with Crippen molar-refractivity contribution in [3.05, 3.63) is 0 Å². The summed E-state index contributed by atoms with van der Waals surface area (Å²) in [6.45, 7) is 13.9. The lowest BCUT2D eigenvalue weighted by Crippen LogP contribution is -2.52. The number of nitrogens with one attached hydrogen (secondary N) is 2. The van der Waals surface area contributed by atoms with Gasteiger partial charge in [-0.2, -0.15) is 0 Å². The molecule has 1 aliphatic heterocycles. The van der Waals surface area contributed by atoms with E-state index in [0.717, 1.165) is 32.5 Å². The minimum atomic E-state index is -3.35. The van der Waals surface area contributed by atoms with Crippen molar-refractivity contribution in [2.45, 2.75) is 101 Å². The molecule has 0 spiro atoms. The number of rotatable bonds is 8. The first-order valence-corrected chi connectivity index (χ1v) is 13.7. The van der Waals surface area contributed by atoms with Gasteiger partial charge >= 0.3 is 0 Å². The third-order valence-electron chi connectivity index (χ3n) is 5.55. The second kappa shape index (κ2) is 8.42. The van der Waals surface area contributed by atoms with Crippen LogP contribution in [0.3, 0.4) is 0 Å². The van der Waals surface area contributed by atoms with Crippen LogP contribution in [0, 0.1) is 0 Å². The highest BCUT2D eigenvalue weighted by molar-refractivity contribution is 7.91. The highest BCUT2D eigenvalue weighted by Gasteiger charge is 2.56. The third kappa shape index (κ3) is 6.48. The van der Waals surface area contributed by atoms with Crippen LogP contribution in [0.25, 0.3) is 0 Å². The molecular formula is C20H39N3O5S2. The van der Waals surface area contributed by atoms with E-state index in [1.807, 2.05) is 20.8 Å². The Bertz CT molecular complexity index is 827. The van der Waals surface area contributed by atoms with Crippen LogP contribution in [0.15, 0.2) is 0 Å². The van der Waals surface area contributed by atoms with Gasteiger partial charge in [-0.1, -0.05) is 0 Å². The lowest BCUT2D eigenvalue weighted by molar-refractivity contribution is -0.108. The fourth-order valence-corrected chi connectivity index (χ4v) is 7.46. The summed E-state index contributed by atoms with van der Waals surface area (Å²) in [5.41, 5.74) is -0.847. The Morgan fingerprint density at radius 1 is 0.800 bits per heavy atom. The van der Waals surface area contributed by atoms with Gasteiger partial charge in [-0.05, 0) is 86.7 Å². The van der Waals surface area contributed by atoms with Gasteiger partial charge in [0.15, 0.2) is 0 Å². The summed E-state index contributed by atoms with van der Waals surface area (Å²) >= 11 is 0. The van der Waals surface area contributed by atoms with Gasteiger partial charge in [-0.15, -0.1) is 0 Å². The lowest BCUT2D eigenvalue weighted by atomic mass is 10.1. The fraction of sp³-hybridized carbons (Fsp3) is 0.950. The molecule has 2 aliphatic carbocycles. The van der Waals surface area contributed by atoms with Crippen LogP contribution in [0.2, 0.25) is 0 Å². The van der Waals surface area contributed by atoms with E-state index in [4.69, 9.17) is 0 Å². The number of likely N-dealkylation sites (tertiary alicyclic amines) is 1. The van der Waals surface area contributed by atoms with E-state index < -0.39 is 35.1 Å². The molecule has 1 heterocycles. The van der Waals surface area contributed by atoms with E-state index in [2.05, 4.69) is 14.3 Å². The van der Waals surface area contributed by atoms with Gasteiger partial charge < -0.3 is 9.69 Å². The molecule has 3 rings (SSSR count). The average Bonchev–Trinajstić information content (AvgIpc) is 3.34. The van der Waals surface area contributed by atoms with Crippen LogP contribution in [0.1, 0.15) is 80.1 Å². The van der Waals surface area contributed by atoms with Crippen molar-refractivity contribution in [1.29, 1.82) is 0 Å². The van der Waals surface area contributed by atoms with Crippen LogP contribution in [0.4, 0.5) is 0 Å². The Balaban J connectivity index is 0.000000216. The Morgan fingerprint density at radius 3 is 1.47 bits per heavy atom. The van der Waals surface area contributed by atoms with Gasteiger partial charge in [-0.25, -0.2) is 26.3 Å². The van der Waals surface area contributed by atoms with Crippen molar-refractivity contribution < 1.29 is 21.6 Å². The zero-order valence-electron chi connectivity index (χ0n) is 19.2. The van der Waals surface area contributed by atoms with Crippen molar-refractivity contribution in [2.75, 3.05) is 19.6 Å². The molecular weight excluding hydrogens is 426 g/mol. The number of hydrogen-bond acceptors (Lipinski definition) is 6. The van der Waals surface area contributed by atoms with Gasteiger partial charge in [0.2, 0.25) is 20.0 Å². The maximum absolute atomic E-state index is 12.3. The molecule has 176 valence electrons. The number of nitrogens with zero attached hydrogens (tertiary/aromatic N) is 1. The maximum Gasteiger partial charge on any atom is 0.219 e. The van der Waals surface area contributed by atoms with E-state index >= 15 is 0 Å². The standard InChI is InChI=1S/C11H22N2O2S.C9H17NO3S/c1-10(2,3)12-16(14,15)11(5-6-11)9-13-7-4-8-13;1-8(2,3)10-14(12,13)9(4-5-9)6-7-11/h12H,4-9H2,1-3H3;7,10H,4-6H2,1-3H3. The lowest BCUT2D eigenvalue weighted by Gasteiger charge is -2.35. The van der Waals surface area contributed by atoms with Crippen LogP contribution >= 0.6 is 0 Å². The molecule has 3 aliphatic rings. The van der Waals surface area contributed by atoms with Crippen LogP contribution in [-0.4, -0.2) is 68.2 Å². The molecule has 0 unspecified atom stereocenters. The summed E-state index contributed by atoms with van der Waals surface area (Å²) < 4.78 is 52.3. The quantitative estimate of drug-likeness (QED) is 0.528. The van der Waals surface area contributed by atoms with Crippen molar-refractivity contribution >= 4 is 26.3 Å².